The summed E-state index contributed by atoms with van der Waals surface area (Å²) in [5.74, 6) is 3.30. The second kappa shape index (κ2) is 15.3. The number of unbranched alkanes of at least 4 members (excludes halogenated alkanes) is 1. The number of allylic oxidation sites excluding steroid dienone is 1. The minimum absolute atomic E-state index is 0.554. The maximum Gasteiger partial charge on any atom is 0.100 e. The van der Waals surface area contributed by atoms with E-state index >= 15 is 0 Å². The molecule has 0 heterocycles. The van der Waals surface area contributed by atoms with Crippen molar-refractivity contribution in [2.75, 3.05) is 11.9 Å². The molecule has 2 nitrogen and oxygen atoms in total. The zero-order chi connectivity index (χ0) is 25.8. The van der Waals surface area contributed by atoms with Crippen molar-refractivity contribution in [3.63, 3.8) is 0 Å². The number of benzene rings is 1. The van der Waals surface area contributed by atoms with Crippen molar-refractivity contribution >= 4 is 11.8 Å². The van der Waals surface area contributed by atoms with E-state index in [0.717, 1.165) is 48.2 Å². The van der Waals surface area contributed by atoms with Crippen LogP contribution in [0.1, 0.15) is 116 Å². The standard InChI is InChI=1S/C32H51FN2/c1-7-9-11-27(28-14-16-30(33)20-28)13-12-24(5)19-26(18-23(3)4)22-35-32-17-15-29(21-34)25(6)31(32)10-8-2/h8,10,15,17,23-24,26-28,30,35H,7,9,11-14,16,18-20,22H2,1-6H3/b10-8-. The third kappa shape index (κ3) is 9.63. The molecule has 0 bridgehead atoms. The zero-order valence-electron chi connectivity index (χ0n) is 23.4. The van der Waals surface area contributed by atoms with E-state index in [1.54, 1.807) is 0 Å². The topological polar surface area (TPSA) is 35.8 Å². The molecule has 0 aliphatic heterocycles. The van der Waals surface area contributed by atoms with Crippen LogP contribution in [-0.2, 0) is 0 Å². The fourth-order valence-corrected chi connectivity index (χ4v) is 6.22. The number of alkyl halides is 1. The zero-order valence-corrected chi connectivity index (χ0v) is 23.4. The van der Waals surface area contributed by atoms with E-state index in [2.05, 4.69) is 51.2 Å². The number of rotatable bonds is 15. The molecule has 0 amide bonds. The molecule has 2 rings (SSSR count). The molecule has 1 N–H and O–H groups in total. The van der Waals surface area contributed by atoms with Crippen molar-refractivity contribution < 1.29 is 4.39 Å². The van der Waals surface area contributed by atoms with Crippen LogP contribution in [0.15, 0.2) is 18.2 Å². The number of nitriles is 1. The molecular weight excluding hydrogens is 431 g/mol. The summed E-state index contributed by atoms with van der Waals surface area (Å²) in [6, 6.07) is 6.32. The first-order valence-corrected chi connectivity index (χ1v) is 14.3. The first-order chi connectivity index (χ1) is 16.8. The summed E-state index contributed by atoms with van der Waals surface area (Å²) in [6.07, 6.45) is 15.1. The van der Waals surface area contributed by atoms with Gasteiger partial charge in [0, 0.05) is 17.8 Å². The van der Waals surface area contributed by atoms with Crippen LogP contribution in [0.25, 0.3) is 6.08 Å². The minimum atomic E-state index is -0.554. The SMILES string of the molecule is C/C=C\c1c(NCC(CC(C)C)CC(C)CCC(CCCC)C2CCC(F)C2)ccc(C#N)c1C. The molecule has 196 valence electrons. The van der Waals surface area contributed by atoms with Gasteiger partial charge in [-0.1, -0.05) is 65.5 Å². The molecule has 1 fully saturated rings. The Morgan fingerprint density at radius 1 is 1.14 bits per heavy atom. The van der Waals surface area contributed by atoms with Crippen LogP contribution in [0.5, 0.6) is 0 Å². The largest absolute Gasteiger partial charge is 0.384 e. The van der Waals surface area contributed by atoms with Crippen LogP contribution >= 0.6 is 0 Å². The van der Waals surface area contributed by atoms with Crippen molar-refractivity contribution in [1.29, 1.82) is 5.26 Å². The van der Waals surface area contributed by atoms with E-state index < -0.39 is 6.17 Å². The van der Waals surface area contributed by atoms with Crippen LogP contribution in [0.4, 0.5) is 10.1 Å². The summed E-state index contributed by atoms with van der Waals surface area (Å²) in [5, 5.41) is 13.2. The number of halogens is 1. The molecule has 0 spiro atoms. The van der Waals surface area contributed by atoms with Gasteiger partial charge in [-0.2, -0.15) is 5.26 Å². The van der Waals surface area contributed by atoms with E-state index in [-0.39, 0.29) is 0 Å². The first kappa shape index (κ1) is 29.4. The van der Waals surface area contributed by atoms with E-state index in [4.69, 9.17) is 0 Å². The Morgan fingerprint density at radius 2 is 1.91 bits per heavy atom. The Kier molecular flexibility index (Phi) is 12.9. The molecule has 1 saturated carbocycles. The summed E-state index contributed by atoms with van der Waals surface area (Å²) in [7, 11) is 0. The van der Waals surface area contributed by atoms with Gasteiger partial charge >= 0.3 is 0 Å². The van der Waals surface area contributed by atoms with Crippen molar-refractivity contribution in [2.45, 2.75) is 112 Å². The van der Waals surface area contributed by atoms with E-state index in [1.807, 2.05) is 26.0 Å². The number of hydrogen-bond donors (Lipinski definition) is 1. The van der Waals surface area contributed by atoms with Crippen molar-refractivity contribution in [2.24, 2.45) is 29.6 Å². The first-order valence-electron chi connectivity index (χ1n) is 14.3. The lowest BCUT2D eigenvalue weighted by Gasteiger charge is -2.27. The van der Waals surface area contributed by atoms with Gasteiger partial charge in [-0.15, -0.1) is 0 Å². The molecule has 35 heavy (non-hydrogen) atoms. The fraction of sp³-hybridized carbons (Fsp3) is 0.719. The van der Waals surface area contributed by atoms with E-state index in [1.165, 1.54) is 44.9 Å². The quantitative estimate of drug-likeness (QED) is 0.270. The van der Waals surface area contributed by atoms with Crippen LogP contribution in [0, 0.1) is 47.8 Å². The second-order valence-electron chi connectivity index (χ2n) is 11.7. The van der Waals surface area contributed by atoms with Gasteiger partial charge in [-0.25, -0.2) is 4.39 Å². The van der Waals surface area contributed by atoms with Crippen molar-refractivity contribution in [3.8, 4) is 6.07 Å². The van der Waals surface area contributed by atoms with Crippen molar-refractivity contribution in [3.05, 3.63) is 34.9 Å². The van der Waals surface area contributed by atoms with Crippen LogP contribution in [0.2, 0.25) is 0 Å². The highest BCUT2D eigenvalue weighted by Crippen LogP contribution is 2.39. The lowest BCUT2D eigenvalue weighted by atomic mass is 9.80. The molecule has 0 radical (unpaired) electrons. The molecular formula is C32H51FN2. The summed E-state index contributed by atoms with van der Waals surface area (Å²) < 4.78 is 13.9. The Hall–Kier alpha value is -1.82. The molecule has 1 aromatic carbocycles. The molecule has 1 aromatic rings. The molecule has 1 aliphatic carbocycles. The smallest absolute Gasteiger partial charge is 0.100 e. The molecule has 1 aliphatic rings. The maximum absolute atomic E-state index is 13.9. The molecule has 0 aromatic heterocycles. The molecule has 5 unspecified atom stereocenters. The van der Waals surface area contributed by atoms with Crippen LogP contribution in [-0.4, -0.2) is 12.7 Å². The van der Waals surface area contributed by atoms with Gasteiger partial charge in [-0.3, -0.25) is 0 Å². The summed E-state index contributed by atoms with van der Waals surface area (Å²) in [5.41, 5.74) is 4.05. The number of hydrogen-bond acceptors (Lipinski definition) is 2. The normalized spacial score (nSPS) is 20.8. The Labute approximate surface area is 215 Å². The average molecular weight is 483 g/mol. The lowest BCUT2D eigenvalue weighted by molar-refractivity contribution is 0.240. The third-order valence-electron chi connectivity index (χ3n) is 8.12. The fourth-order valence-electron chi connectivity index (χ4n) is 6.22. The predicted octanol–water partition coefficient (Wildman–Crippen LogP) is 9.72. The van der Waals surface area contributed by atoms with Crippen LogP contribution in [0.3, 0.4) is 0 Å². The van der Waals surface area contributed by atoms with Gasteiger partial charge in [0.15, 0.2) is 0 Å². The number of nitrogens with zero attached hydrogens (tertiary/aromatic N) is 1. The van der Waals surface area contributed by atoms with E-state index in [9.17, 15) is 9.65 Å². The lowest BCUT2D eigenvalue weighted by Crippen LogP contribution is -2.20. The Bertz CT molecular complexity index is 822. The average Bonchev–Trinajstić information content (AvgIpc) is 3.25. The van der Waals surface area contributed by atoms with Gasteiger partial charge in [0.2, 0.25) is 0 Å². The minimum Gasteiger partial charge on any atom is -0.384 e. The number of nitrogens with one attached hydrogen (secondary N) is 1. The highest BCUT2D eigenvalue weighted by atomic mass is 19.1. The molecule has 0 saturated heterocycles. The third-order valence-corrected chi connectivity index (χ3v) is 8.12. The highest BCUT2D eigenvalue weighted by Gasteiger charge is 2.30. The predicted molar refractivity (Wildman–Crippen MR) is 150 cm³/mol. The van der Waals surface area contributed by atoms with Gasteiger partial charge < -0.3 is 5.32 Å². The monoisotopic (exact) mass is 482 g/mol. The Balaban J connectivity index is 1.99. The number of anilines is 1. The maximum atomic E-state index is 13.9. The summed E-state index contributed by atoms with van der Waals surface area (Å²) in [4.78, 5) is 0. The second-order valence-corrected chi connectivity index (χ2v) is 11.7. The van der Waals surface area contributed by atoms with Crippen molar-refractivity contribution in [1.82, 2.24) is 0 Å². The van der Waals surface area contributed by atoms with Gasteiger partial charge in [0.05, 0.1) is 11.6 Å². The summed E-state index contributed by atoms with van der Waals surface area (Å²) >= 11 is 0. The van der Waals surface area contributed by atoms with Gasteiger partial charge in [0.1, 0.15) is 6.17 Å². The van der Waals surface area contributed by atoms with Gasteiger partial charge in [0.25, 0.3) is 0 Å². The summed E-state index contributed by atoms with van der Waals surface area (Å²) in [6.45, 7) is 14.4. The highest BCUT2D eigenvalue weighted by molar-refractivity contribution is 5.72. The van der Waals surface area contributed by atoms with Crippen LogP contribution < -0.4 is 5.32 Å². The van der Waals surface area contributed by atoms with Gasteiger partial charge in [-0.05, 0) is 99.7 Å². The molecule has 3 heteroatoms. The Morgan fingerprint density at radius 3 is 2.51 bits per heavy atom. The van der Waals surface area contributed by atoms with E-state index in [0.29, 0.717) is 29.6 Å². The molecule has 5 atom stereocenters.